The van der Waals surface area contributed by atoms with Gasteiger partial charge < -0.3 is 10.1 Å². The fourth-order valence-electron chi connectivity index (χ4n) is 3.26. The van der Waals surface area contributed by atoms with E-state index in [1.165, 1.54) is 25.8 Å². The molecule has 2 atom stereocenters. The predicted molar refractivity (Wildman–Crippen MR) is 80.0 cm³/mol. The Kier molecular flexibility index (Phi) is 4.35. The first-order chi connectivity index (χ1) is 10.3. The zero-order valence-electron chi connectivity index (χ0n) is 12.4. The molecule has 8 nitrogen and oxygen atoms in total. The normalized spacial score (nSPS) is 25.4. The van der Waals surface area contributed by atoms with Crippen molar-refractivity contribution in [2.24, 2.45) is 5.84 Å². The molecule has 1 aromatic rings. The third-order valence-corrected chi connectivity index (χ3v) is 4.19. The first-order valence-corrected chi connectivity index (χ1v) is 7.66. The van der Waals surface area contributed by atoms with Gasteiger partial charge in [-0.05, 0) is 32.7 Å². The van der Waals surface area contributed by atoms with Crippen molar-refractivity contribution in [2.75, 3.05) is 30.4 Å². The number of nitrogen functional groups attached to an aromatic ring is 1. The molecule has 1 aromatic heterocycles. The molecular weight excluding hydrogens is 270 g/mol. The maximum absolute atomic E-state index is 5.40. The summed E-state index contributed by atoms with van der Waals surface area (Å²) in [4.78, 5) is 15.2. The van der Waals surface area contributed by atoms with Crippen LogP contribution >= 0.6 is 0 Å². The van der Waals surface area contributed by atoms with E-state index >= 15 is 0 Å². The molecule has 4 N–H and O–H groups in total. The van der Waals surface area contributed by atoms with Crippen LogP contribution in [0.1, 0.15) is 32.6 Å². The number of aromatic nitrogens is 3. The summed E-state index contributed by atoms with van der Waals surface area (Å²) < 4.78 is 5.35. The highest BCUT2D eigenvalue weighted by molar-refractivity contribution is 5.36. The Balaban J connectivity index is 1.73. The van der Waals surface area contributed by atoms with E-state index in [1.807, 2.05) is 6.92 Å². The molecule has 8 heteroatoms. The molecule has 0 saturated carbocycles. The predicted octanol–water partition coefficient (Wildman–Crippen LogP) is 0.595. The second kappa shape index (κ2) is 6.40. The largest absolute Gasteiger partial charge is 0.464 e. The fourth-order valence-corrected chi connectivity index (χ4v) is 3.26. The molecule has 3 rings (SSSR count). The van der Waals surface area contributed by atoms with Gasteiger partial charge in [-0.2, -0.15) is 15.0 Å². The van der Waals surface area contributed by atoms with E-state index in [0.29, 0.717) is 36.6 Å². The van der Waals surface area contributed by atoms with Gasteiger partial charge in [-0.15, -0.1) is 0 Å². The lowest BCUT2D eigenvalue weighted by Gasteiger charge is -2.32. The van der Waals surface area contributed by atoms with Gasteiger partial charge in [0.15, 0.2) is 0 Å². The maximum Gasteiger partial charge on any atom is 0.323 e. The number of ether oxygens (including phenoxy) is 1. The van der Waals surface area contributed by atoms with Gasteiger partial charge >= 0.3 is 6.01 Å². The van der Waals surface area contributed by atoms with Gasteiger partial charge in [0.05, 0.1) is 6.61 Å². The van der Waals surface area contributed by atoms with Gasteiger partial charge in [0.2, 0.25) is 11.9 Å². The molecule has 0 radical (unpaired) electrons. The van der Waals surface area contributed by atoms with Crippen LogP contribution in [0.15, 0.2) is 0 Å². The third kappa shape index (κ3) is 3.16. The van der Waals surface area contributed by atoms with Crippen molar-refractivity contribution in [3.8, 4) is 6.01 Å². The molecule has 116 valence electrons. The first kappa shape index (κ1) is 14.3. The molecule has 3 heterocycles. The number of nitrogens with one attached hydrogen (secondary N) is 2. The molecule has 2 aliphatic rings. The van der Waals surface area contributed by atoms with Crippen LogP contribution < -0.4 is 21.3 Å². The fraction of sp³-hybridized carbons (Fsp3) is 0.769. The zero-order valence-corrected chi connectivity index (χ0v) is 12.4. The van der Waals surface area contributed by atoms with Crippen LogP contribution in [0.3, 0.4) is 0 Å². The van der Waals surface area contributed by atoms with Gasteiger partial charge in [-0.3, -0.25) is 10.3 Å². The van der Waals surface area contributed by atoms with Crippen LogP contribution in [0, 0.1) is 0 Å². The Labute approximate surface area is 124 Å². The van der Waals surface area contributed by atoms with E-state index in [-0.39, 0.29) is 0 Å². The molecule has 2 aliphatic heterocycles. The van der Waals surface area contributed by atoms with Crippen molar-refractivity contribution in [1.82, 2.24) is 19.9 Å². The monoisotopic (exact) mass is 293 g/mol. The topological polar surface area (TPSA) is 101 Å². The van der Waals surface area contributed by atoms with Crippen LogP contribution in [-0.4, -0.2) is 51.6 Å². The number of piperidine rings is 1. The van der Waals surface area contributed by atoms with Crippen molar-refractivity contribution < 1.29 is 4.74 Å². The van der Waals surface area contributed by atoms with Crippen LogP contribution in [-0.2, 0) is 0 Å². The van der Waals surface area contributed by atoms with E-state index in [4.69, 9.17) is 10.6 Å². The minimum absolute atomic E-state index is 0.293. The highest BCUT2D eigenvalue weighted by atomic mass is 16.5. The lowest BCUT2D eigenvalue weighted by molar-refractivity contribution is 0.192. The molecule has 0 spiro atoms. The number of hydrogen-bond acceptors (Lipinski definition) is 8. The summed E-state index contributed by atoms with van der Waals surface area (Å²) in [5, 5.41) is 3.43. The maximum atomic E-state index is 5.40. The third-order valence-electron chi connectivity index (χ3n) is 4.19. The van der Waals surface area contributed by atoms with Gasteiger partial charge in [-0.1, -0.05) is 6.42 Å². The van der Waals surface area contributed by atoms with Gasteiger partial charge in [0, 0.05) is 18.6 Å². The summed E-state index contributed by atoms with van der Waals surface area (Å²) in [6, 6.07) is 1.26. The molecule has 0 aromatic carbocycles. The van der Waals surface area contributed by atoms with E-state index in [1.54, 1.807) is 0 Å². The summed E-state index contributed by atoms with van der Waals surface area (Å²) in [6.07, 6.45) is 4.97. The number of fused-ring (bicyclic) bond motifs is 1. The number of hydrazine groups is 1. The SMILES string of the molecule is CCOc1nc(NN)nc(NC2CCN3CCCCC23)n1. The van der Waals surface area contributed by atoms with Gasteiger partial charge in [-0.25, -0.2) is 5.84 Å². The van der Waals surface area contributed by atoms with Crippen LogP contribution in [0.25, 0.3) is 0 Å². The van der Waals surface area contributed by atoms with Crippen LogP contribution in [0.4, 0.5) is 11.9 Å². The lowest BCUT2D eigenvalue weighted by atomic mass is 9.99. The van der Waals surface area contributed by atoms with Crippen LogP contribution in [0.5, 0.6) is 6.01 Å². The van der Waals surface area contributed by atoms with E-state index < -0.39 is 0 Å². The number of rotatable bonds is 5. The second-order valence-electron chi connectivity index (χ2n) is 5.48. The molecule has 0 amide bonds. The standard InChI is InChI=1S/C13H23N7O/c1-2-21-13-17-11(16-12(18-13)19-14)15-9-6-8-20-7-4-3-5-10(9)20/h9-10H,2-8,14H2,1H3,(H2,15,16,17,18,19). The molecule has 2 saturated heterocycles. The van der Waals surface area contributed by atoms with Gasteiger partial charge in [0.25, 0.3) is 0 Å². The molecule has 2 unspecified atom stereocenters. The first-order valence-electron chi connectivity index (χ1n) is 7.66. The Hall–Kier alpha value is -1.67. The van der Waals surface area contributed by atoms with Crippen molar-refractivity contribution in [1.29, 1.82) is 0 Å². The van der Waals surface area contributed by atoms with Crippen molar-refractivity contribution >= 4 is 11.9 Å². The highest BCUT2D eigenvalue weighted by Gasteiger charge is 2.35. The van der Waals surface area contributed by atoms with E-state index in [2.05, 4.69) is 30.6 Å². The lowest BCUT2D eigenvalue weighted by Crippen LogP contribution is -2.42. The number of hydrogen-bond donors (Lipinski definition) is 3. The Bertz CT molecular complexity index is 484. The van der Waals surface area contributed by atoms with E-state index in [9.17, 15) is 0 Å². The van der Waals surface area contributed by atoms with Crippen molar-refractivity contribution in [3.05, 3.63) is 0 Å². The Morgan fingerprint density at radius 2 is 2.05 bits per heavy atom. The van der Waals surface area contributed by atoms with Gasteiger partial charge in [0.1, 0.15) is 0 Å². The molecule has 21 heavy (non-hydrogen) atoms. The minimum atomic E-state index is 0.293. The average molecular weight is 293 g/mol. The molecular formula is C13H23N7O. The average Bonchev–Trinajstić information content (AvgIpc) is 2.91. The Morgan fingerprint density at radius 3 is 2.86 bits per heavy atom. The summed E-state index contributed by atoms with van der Waals surface area (Å²) in [7, 11) is 0. The molecule has 0 aliphatic carbocycles. The smallest absolute Gasteiger partial charge is 0.323 e. The summed E-state index contributed by atoms with van der Waals surface area (Å²) in [5.74, 6) is 6.24. The Morgan fingerprint density at radius 1 is 1.19 bits per heavy atom. The number of nitrogens with zero attached hydrogens (tertiary/aromatic N) is 4. The minimum Gasteiger partial charge on any atom is -0.464 e. The summed E-state index contributed by atoms with van der Waals surface area (Å²) in [6.45, 7) is 4.75. The molecule has 2 fully saturated rings. The highest BCUT2D eigenvalue weighted by Crippen LogP contribution is 2.29. The summed E-state index contributed by atoms with van der Waals surface area (Å²) >= 11 is 0. The van der Waals surface area contributed by atoms with Crippen LogP contribution in [0.2, 0.25) is 0 Å². The van der Waals surface area contributed by atoms with Crippen molar-refractivity contribution in [3.63, 3.8) is 0 Å². The van der Waals surface area contributed by atoms with Crippen molar-refractivity contribution in [2.45, 2.75) is 44.7 Å². The number of anilines is 2. The second-order valence-corrected chi connectivity index (χ2v) is 5.48. The zero-order chi connectivity index (χ0) is 14.7. The quantitative estimate of drug-likeness (QED) is 0.536. The molecule has 0 bridgehead atoms. The summed E-state index contributed by atoms with van der Waals surface area (Å²) in [5.41, 5.74) is 2.45. The van der Waals surface area contributed by atoms with E-state index in [0.717, 1.165) is 13.0 Å². The number of nitrogens with two attached hydrogens (primary N) is 1.